The van der Waals surface area contributed by atoms with Gasteiger partial charge >= 0.3 is 0 Å². The van der Waals surface area contributed by atoms with Crippen molar-refractivity contribution in [3.8, 4) is 0 Å². The summed E-state index contributed by atoms with van der Waals surface area (Å²) in [6, 6.07) is 7.48. The van der Waals surface area contributed by atoms with Crippen LogP contribution in [0.2, 0.25) is 0 Å². The number of carbonyl (C=O) groups is 1. The molecule has 0 aromatic heterocycles. The summed E-state index contributed by atoms with van der Waals surface area (Å²) < 4.78 is 0. The van der Waals surface area contributed by atoms with Gasteiger partial charge in [-0.15, -0.1) is 0 Å². The van der Waals surface area contributed by atoms with Gasteiger partial charge in [0.1, 0.15) is 0 Å². The Kier molecular flexibility index (Phi) is 2.52. The quantitative estimate of drug-likeness (QED) is 0.701. The summed E-state index contributed by atoms with van der Waals surface area (Å²) in [5.41, 5.74) is 6.69. The zero-order valence-corrected chi connectivity index (χ0v) is 8.29. The van der Waals surface area contributed by atoms with Crippen LogP contribution in [-0.2, 0) is 0 Å². The van der Waals surface area contributed by atoms with E-state index in [9.17, 15) is 4.79 Å². The predicted molar refractivity (Wildman–Crippen MR) is 53.8 cm³/mol. The standard InChI is InChI=1S/C11H15NO/c1-8-5-4-6-9(7-8)10(13)11(2,3)12/h4-7H,12H2,1-3H3. The lowest BCUT2D eigenvalue weighted by Gasteiger charge is -2.16. The fourth-order valence-electron chi connectivity index (χ4n) is 1.16. The second kappa shape index (κ2) is 3.30. The molecule has 0 aliphatic heterocycles. The van der Waals surface area contributed by atoms with Gasteiger partial charge in [-0.25, -0.2) is 0 Å². The van der Waals surface area contributed by atoms with Gasteiger partial charge in [-0.05, 0) is 26.8 Å². The third-order valence-corrected chi connectivity index (χ3v) is 1.87. The number of aryl methyl sites for hydroxylation is 1. The highest BCUT2D eigenvalue weighted by molar-refractivity contribution is 6.02. The minimum atomic E-state index is -0.784. The van der Waals surface area contributed by atoms with Crippen molar-refractivity contribution in [2.45, 2.75) is 26.3 Å². The SMILES string of the molecule is Cc1cccc(C(=O)C(C)(C)N)c1. The van der Waals surface area contributed by atoms with E-state index in [0.29, 0.717) is 5.56 Å². The zero-order chi connectivity index (χ0) is 10.1. The Bertz CT molecular complexity index is 323. The van der Waals surface area contributed by atoms with Gasteiger partial charge in [-0.2, -0.15) is 0 Å². The zero-order valence-electron chi connectivity index (χ0n) is 8.29. The van der Waals surface area contributed by atoms with Crippen LogP contribution in [0.3, 0.4) is 0 Å². The molecule has 0 fully saturated rings. The maximum atomic E-state index is 11.7. The highest BCUT2D eigenvalue weighted by Gasteiger charge is 2.22. The summed E-state index contributed by atoms with van der Waals surface area (Å²) in [6.07, 6.45) is 0. The van der Waals surface area contributed by atoms with Gasteiger partial charge in [0, 0.05) is 5.56 Å². The Morgan fingerprint density at radius 3 is 2.46 bits per heavy atom. The highest BCUT2D eigenvalue weighted by atomic mass is 16.1. The van der Waals surface area contributed by atoms with Crippen molar-refractivity contribution in [2.24, 2.45) is 5.73 Å². The molecule has 0 bridgehead atoms. The summed E-state index contributed by atoms with van der Waals surface area (Å²) in [5.74, 6) is -0.0174. The molecule has 0 atom stereocenters. The van der Waals surface area contributed by atoms with E-state index in [2.05, 4.69) is 0 Å². The van der Waals surface area contributed by atoms with Crippen molar-refractivity contribution in [2.75, 3.05) is 0 Å². The van der Waals surface area contributed by atoms with Crippen LogP contribution in [-0.4, -0.2) is 11.3 Å². The molecule has 0 aliphatic carbocycles. The van der Waals surface area contributed by atoms with Gasteiger partial charge in [0.15, 0.2) is 5.78 Å². The highest BCUT2D eigenvalue weighted by Crippen LogP contribution is 2.11. The number of nitrogens with two attached hydrogens (primary N) is 1. The molecule has 0 saturated carbocycles. The molecule has 0 amide bonds. The summed E-state index contributed by atoms with van der Waals surface area (Å²) in [6.45, 7) is 5.40. The fourth-order valence-corrected chi connectivity index (χ4v) is 1.16. The van der Waals surface area contributed by atoms with Crippen LogP contribution in [0.5, 0.6) is 0 Å². The minimum Gasteiger partial charge on any atom is -0.319 e. The average molecular weight is 177 g/mol. The number of rotatable bonds is 2. The van der Waals surface area contributed by atoms with E-state index in [1.807, 2.05) is 25.1 Å². The summed E-state index contributed by atoms with van der Waals surface area (Å²) in [5, 5.41) is 0. The van der Waals surface area contributed by atoms with Crippen molar-refractivity contribution in [1.29, 1.82) is 0 Å². The molecule has 2 N–H and O–H groups in total. The van der Waals surface area contributed by atoms with E-state index in [1.54, 1.807) is 19.9 Å². The predicted octanol–water partition coefficient (Wildman–Crippen LogP) is 1.92. The Hall–Kier alpha value is -1.15. The molecule has 1 rings (SSSR count). The van der Waals surface area contributed by atoms with Crippen LogP contribution in [0.4, 0.5) is 0 Å². The monoisotopic (exact) mass is 177 g/mol. The first-order valence-electron chi connectivity index (χ1n) is 4.31. The summed E-state index contributed by atoms with van der Waals surface area (Å²) >= 11 is 0. The van der Waals surface area contributed by atoms with Crippen LogP contribution in [0.15, 0.2) is 24.3 Å². The number of ketones is 1. The van der Waals surface area contributed by atoms with Crippen LogP contribution in [0.1, 0.15) is 29.8 Å². The van der Waals surface area contributed by atoms with E-state index in [-0.39, 0.29) is 5.78 Å². The topological polar surface area (TPSA) is 43.1 Å². The van der Waals surface area contributed by atoms with Gasteiger partial charge in [0.2, 0.25) is 0 Å². The molecule has 0 spiro atoms. The van der Waals surface area contributed by atoms with Crippen LogP contribution >= 0.6 is 0 Å². The number of benzene rings is 1. The maximum Gasteiger partial charge on any atom is 0.182 e. The van der Waals surface area contributed by atoms with Crippen LogP contribution in [0.25, 0.3) is 0 Å². The number of hydrogen-bond donors (Lipinski definition) is 1. The molecule has 70 valence electrons. The van der Waals surface area contributed by atoms with Crippen LogP contribution in [0, 0.1) is 6.92 Å². The van der Waals surface area contributed by atoms with Gasteiger partial charge in [0.25, 0.3) is 0 Å². The third-order valence-electron chi connectivity index (χ3n) is 1.87. The van der Waals surface area contributed by atoms with Gasteiger partial charge in [-0.1, -0.05) is 23.8 Å². The van der Waals surface area contributed by atoms with Gasteiger partial charge < -0.3 is 5.73 Å². The third kappa shape index (κ3) is 2.39. The Balaban J connectivity index is 3.03. The summed E-state index contributed by atoms with van der Waals surface area (Å²) in [4.78, 5) is 11.7. The second-order valence-electron chi connectivity index (χ2n) is 3.92. The molecule has 2 heteroatoms. The summed E-state index contributed by atoms with van der Waals surface area (Å²) in [7, 11) is 0. The molecule has 1 aromatic rings. The van der Waals surface area contributed by atoms with E-state index >= 15 is 0 Å². The van der Waals surface area contributed by atoms with Crippen molar-refractivity contribution in [3.63, 3.8) is 0 Å². The van der Waals surface area contributed by atoms with E-state index in [0.717, 1.165) is 5.56 Å². The first kappa shape index (κ1) is 9.93. The van der Waals surface area contributed by atoms with E-state index in [1.165, 1.54) is 0 Å². The first-order valence-corrected chi connectivity index (χ1v) is 4.31. The molecule has 1 aromatic carbocycles. The largest absolute Gasteiger partial charge is 0.319 e. The molecular formula is C11H15NO. The van der Waals surface area contributed by atoms with Crippen molar-refractivity contribution >= 4 is 5.78 Å². The lowest BCUT2D eigenvalue weighted by molar-refractivity contribution is 0.0913. The molecule has 0 heterocycles. The average Bonchev–Trinajstić information content (AvgIpc) is 2.01. The normalized spacial score (nSPS) is 11.4. The van der Waals surface area contributed by atoms with Crippen LogP contribution < -0.4 is 5.73 Å². The Morgan fingerprint density at radius 2 is 2.00 bits per heavy atom. The first-order chi connectivity index (χ1) is 5.91. The van der Waals surface area contributed by atoms with Crippen molar-refractivity contribution in [3.05, 3.63) is 35.4 Å². The van der Waals surface area contributed by atoms with Gasteiger partial charge in [0.05, 0.1) is 5.54 Å². The van der Waals surface area contributed by atoms with E-state index < -0.39 is 5.54 Å². The van der Waals surface area contributed by atoms with Crippen molar-refractivity contribution < 1.29 is 4.79 Å². The molecule has 0 saturated heterocycles. The van der Waals surface area contributed by atoms with Crippen molar-refractivity contribution in [1.82, 2.24) is 0 Å². The molecule has 13 heavy (non-hydrogen) atoms. The minimum absolute atomic E-state index is 0.0174. The number of carbonyl (C=O) groups excluding carboxylic acids is 1. The maximum absolute atomic E-state index is 11.7. The Morgan fingerprint density at radius 1 is 1.38 bits per heavy atom. The smallest absolute Gasteiger partial charge is 0.182 e. The lowest BCUT2D eigenvalue weighted by Crippen LogP contribution is -2.41. The molecular weight excluding hydrogens is 162 g/mol. The fraction of sp³-hybridized carbons (Fsp3) is 0.364. The van der Waals surface area contributed by atoms with Gasteiger partial charge in [-0.3, -0.25) is 4.79 Å². The Labute approximate surface area is 78.8 Å². The lowest BCUT2D eigenvalue weighted by atomic mass is 9.94. The van der Waals surface area contributed by atoms with E-state index in [4.69, 9.17) is 5.73 Å². The molecule has 2 nitrogen and oxygen atoms in total. The molecule has 0 aliphatic rings. The number of Topliss-reactive ketones (excluding diaryl/α,β-unsaturated/α-hetero) is 1. The number of hydrogen-bond acceptors (Lipinski definition) is 2. The second-order valence-corrected chi connectivity index (χ2v) is 3.92. The molecule has 0 unspecified atom stereocenters. The molecule has 0 radical (unpaired) electrons.